The van der Waals surface area contributed by atoms with Crippen molar-refractivity contribution in [1.82, 2.24) is 15.1 Å². The number of nitrogens with one attached hydrogen (secondary N) is 1. The van der Waals surface area contributed by atoms with Crippen molar-refractivity contribution >= 4 is 40.9 Å². The Balaban J connectivity index is 1.44. The van der Waals surface area contributed by atoms with Gasteiger partial charge >= 0.3 is 0 Å². The number of amides is 1. The van der Waals surface area contributed by atoms with Gasteiger partial charge in [-0.1, -0.05) is 54.1 Å². The van der Waals surface area contributed by atoms with E-state index in [1.54, 1.807) is 23.9 Å². The fourth-order valence-electron chi connectivity index (χ4n) is 4.71. The van der Waals surface area contributed by atoms with Gasteiger partial charge in [0, 0.05) is 22.1 Å². The van der Waals surface area contributed by atoms with E-state index in [9.17, 15) is 9.18 Å². The average Bonchev–Trinajstić information content (AvgIpc) is 3.57. The monoisotopic (exact) mass is 515 g/mol. The van der Waals surface area contributed by atoms with Crippen molar-refractivity contribution in [3.63, 3.8) is 0 Å². The highest BCUT2D eigenvalue weighted by atomic mass is 35.5. The van der Waals surface area contributed by atoms with Crippen molar-refractivity contribution in [3.8, 4) is 5.69 Å². The average molecular weight is 516 g/mol. The molecule has 4 aromatic rings. The van der Waals surface area contributed by atoms with Crippen LogP contribution in [0.15, 0.2) is 78.9 Å². The summed E-state index contributed by atoms with van der Waals surface area (Å²) in [7, 11) is 0. The molecule has 36 heavy (non-hydrogen) atoms. The number of benzene rings is 3. The Kier molecular flexibility index (Phi) is 5.94. The first kappa shape index (κ1) is 23.1. The fourth-order valence-corrected chi connectivity index (χ4v) is 5.86. The first-order valence-corrected chi connectivity index (χ1v) is 13.4. The Hall–Kier alpha value is -3.35. The first-order valence-electron chi connectivity index (χ1n) is 11.8. The number of fused-ring (bicyclic) bond motifs is 1. The Morgan fingerprint density at radius 3 is 2.42 bits per heavy atom. The van der Waals surface area contributed by atoms with E-state index in [0.717, 1.165) is 52.2 Å². The number of halogens is 2. The van der Waals surface area contributed by atoms with Gasteiger partial charge in [0.15, 0.2) is 5.69 Å². The summed E-state index contributed by atoms with van der Waals surface area (Å²) in [5, 5.41) is 8.77. The zero-order chi connectivity index (χ0) is 24.7. The molecule has 0 radical (unpaired) electrons. The normalized spacial score (nSPS) is 17.0. The lowest BCUT2D eigenvalue weighted by Crippen LogP contribution is -2.35. The number of nitrogens with zero attached hydrogens (tertiary/aromatic N) is 2. The van der Waals surface area contributed by atoms with Crippen LogP contribution in [0.3, 0.4) is 0 Å². The molecule has 0 atom stereocenters. The van der Waals surface area contributed by atoms with Gasteiger partial charge in [-0.2, -0.15) is 16.9 Å². The van der Waals surface area contributed by atoms with Crippen LogP contribution < -0.4 is 5.32 Å². The van der Waals surface area contributed by atoms with Crippen LogP contribution >= 0.6 is 23.4 Å². The van der Waals surface area contributed by atoms with E-state index in [-0.39, 0.29) is 17.3 Å². The van der Waals surface area contributed by atoms with Crippen molar-refractivity contribution in [3.05, 3.63) is 118 Å². The van der Waals surface area contributed by atoms with Crippen molar-refractivity contribution in [2.45, 2.75) is 24.1 Å². The number of thioether (sulfide) groups is 1. The molecular formula is C29H23ClFN3OS. The van der Waals surface area contributed by atoms with E-state index in [1.807, 2.05) is 53.2 Å². The van der Waals surface area contributed by atoms with Crippen LogP contribution in [-0.2, 0) is 11.3 Å². The van der Waals surface area contributed by atoms with E-state index in [0.29, 0.717) is 16.5 Å². The van der Waals surface area contributed by atoms with Gasteiger partial charge in [-0.05, 0) is 72.0 Å². The smallest absolute Gasteiger partial charge is 0.272 e. The summed E-state index contributed by atoms with van der Waals surface area (Å²) in [6.45, 7) is 0. The minimum atomic E-state index is -0.329. The molecule has 1 fully saturated rings. The Morgan fingerprint density at radius 1 is 1.00 bits per heavy atom. The molecular weight excluding hydrogens is 493 g/mol. The quantitative estimate of drug-likeness (QED) is 0.315. The minimum Gasteiger partial charge on any atom is -0.341 e. The lowest BCUT2D eigenvalue weighted by molar-refractivity contribution is 0.0924. The second-order valence-corrected chi connectivity index (χ2v) is 10.6. The maximum atomic E-state index is 13.7. The third-order valence-corrected chi connectivity index (χ3v) is 7.98. The molecule has 3 aromatic carbocycles. The lowest BCUT2D eigenvalue weighted by atomic mass is 10.0. The van der Waals surface area contributed by atoms with Crippen LogP contribution in [0.1, 0.15) is 45.7 Å². The number of carbonyl (C=O) groups excluding carboxylic acids is 1. The van der Waals surface area contributed by atoms with E-state index in [4.69, 9.17) is 16.7 Å². The van der Waals surface area contributed by atoms with Gasteiger partial charge in [0.2, 0.25) is 0 Å². The predicted octanol–water partition coefficient (Wildman–Crippen LogP) is 6.87. The molecule has 180 valence electrons. The molecule has 0 spiro atoms. The third-order valence-electron chi connectivity index (χ3n) is 6.72. The van der Waals surface area contributed by atoms with Crippen LogP contribution in [0, 0.1) is 5.82 Å². The highest BCUT2D eigenvalue weighted by molar-refractivity contribution is 7.99. The first-order chi connectivity index (χ1) is 17.5. The molecule has 0 unspecified atom stereocenters. The van der Waals surface area contributed by atoms with Crippen LogP contribution in [0.2, 0.25) is 5.02 Å². The SMILES string of the molecule is O=C(NC1(c2ccccc2)CC1)c1nn(-c2ccc(Cl)cc2)c2c1CSC/C2=C\c1ccc(F)cc1. The molecule has 1 aliphatic heterocycles. The Morgan fingerprint density at radius 2 is 1.72 bits per heavy atom. The molecule has 2 heterocycles. The van der Waals surface area contributed by atoms with E-state index < -0.39 is 0 Å². The molecule has 0 bridgehead atoms. The van der Waals surface area contributed by atoms with Gasteiger partial charge in [0.25, 0.3) is 5.91 Å². The van der Waals surface area contributed by atoms with Crippen molar-refractivity contribution in [1.29, 1.82) is 0 Å². The number of carbonyl (C=O) groups is 1. The number of rotatable bonds is 5. The summed E-state index contributed by atoms with van der Waals surface area (Å²) in [4.78, 5) is 13.7. The van der Waals surface area contributed by atoms with Gasteiger partial charge in [0.1, 0.15) is 5.82 Å². The zero-order valence-corrected chi connectivity index (χ0v) is 21.0. The summed E-state index contributed by atoms with van der Waals surface area (Å²) in [6, 6.07) is 24.0. The molecule has 1 N–H and O–H groups in total. The van der Waals surface area contributed by atoms with Gasteiger partial charge in [-0.25, -0.2) is 9.07 Å². The lowest BCUT2D eigenvalue weighted by Gasteiger charge is -2.19. The Bertz CT molecular complexity index is 1460. The third kappa shape index (κ3) is 4.36. The second kappa shape index (κ2) is 9.26. The topological polar surface area (TPSA) is 46.9 Å². The van der Waals surface area contributed by atoms with E-state index >= 15 is 0 Å². The molecule has 6 rings (SSSR count). The van der Waals surface area contributed by atoms with Crippen LogP contribution in [0.5, 0.6) is 0 Å². The standard InChI is InChI=1S/C29H23ClFN3OS/c30-22-8-12-24(13-9-22)34-27-20(16-19-6-10-23(31)11-7-19)17-36-18-25(27)26(33-34)28(35)32-29(14-15-29)21-4-2-1-3-5-21/h1-13,16H,14-15,17-18H2,(H,32,35)/b20-16+. The molecule has 2 aliphatic rings. The molecule has 1 aliphatic carbocycles. The highest BCUT2D eigenvalue weighted by Crippen LogP contribution is 2.46. The fraction of sp³-hybridized carbons (Fsp3) is 0.172. The summed E-state index contributed by atoms with van der Waals surface area (Å²) in [5.41, 5.74) is 5.83. The molecule has 4 nitrogen and oxygen atoms in total. The predicted molar refractivity (Wildman–Crippen MR) is 144 cm³/mol. The zero-order valence-electron chi connectivity index (χ0n) is 19.4. The summed E-state index contributed by atoms with van der Waals surface area (Å²) in [6.07, 6.45) is 3.87. The minimum absolute atomic E-state index is 0.163. The molecule has 1 amide bonds. The van der Waals surface area contributed by atoms with Gasteiger partial charge < -0.3 is 5.32 Å². The largest absolute Gasteiger partial charge is 0.341 e. The van der Waals surface area contributed by atoms with Crippen molar-refractivity contribution in [2.75, 3.05) is 5.75 Å². The van der Waals surface area contributed by atoms with Crippen molar-refractivity contribution in [2.24, 2.45) is 0 Å². The highest BCUT2D eigenvalue weighted by Gasteiger charge is 2.46. The van der Waals surface area contributed by atoms with Crippen LogP contribution in [0.25, 0.3) is 17.3 Å². The maximum absolute atomic E-state index is 13.7. The number of aromatic nitrogens is 2. The molecule has 7 heteroatoms. The van der Waals surface area contributed by atoms with Crippen LogP contribution in [0.4, 0.5) is 4.39 Å². The summed E-state index contributed by atoms with van der Waals surface area (Å²) >= 11 is 7.89. The van der Waals surface area contributed by atoms with Gasteiger partial charge in [-0.15, -0.1) is 0 Å². The van der Waals surface area contributed by atoms with Crippen molar-refractivity contribution < 1.29 is 9.18 Å². The number of hydrogen-bond acceptors (Lipinski definition) is 3. The summed E-state index contributed by atoms with van der Waals surface area (Å²) < 4.78 is 15.3. The van der Waals surface area contributed by atoms with E-state index in [2.05, 4.69) is 17.4 Å². The van der Waals surface area contributed by atoms with E-state index in [1.165, 1.54) is 12.1 Å². The molecule has 1 aromatic heterocycles. The summed E-state index contributed by atoms with van der Waals surface area (Å²) in [5.74, 6) is 1.01. The van der Waals surface area contributed by atoms with Gasteiger partial charge in [0.05, 0.1) is 16.9 Å². The second-order valence-electron chi connectivity index (χ2n) is 9.18. The van der Waals surface area contributed by atoms with Gasteiger partial charge in [-0.3, -0.25) is 4.79 Å². The molecule has 0 saturated heterocycles. The van der Waals surface area contributed by atoms with Crippen LogP contribution in [-0.4, -0.2) is 21.4 Å². The molecule has 1 saturated carbocycles. The number of hydrogen-bond donors (Lipinski definition) is 1. The Labute approximate surface area is 218 Å². The maximum Gasteiger partial charge on any atom is 0.272 e.